The molecule has 1 N–H and O–H groups in total. The Bertz CT molecular complexity index is 376. The third-order valence-electron chi connectivity index (χ3n) is 1.98. The SMILES string of the molecule is C=C(C)CNCc1ccc(OCC#N)cc1. The highest BCUT2D eigenvalue weighted by molar-refractivity contribution is 5.27. The summed E-state index contributed by atoms with van der Waals surface area (Å²) in [7, 11) is 0. The Morgan fingerprint density at radius 3 is 2.69 bits per heavy atom. The molecule has 1 aromatic rings. The normalized spacial score (nSPS) is 9.50. The summed E-state index contributed by atoms with van der Waals surface area (Å²) in [5.41, 5.74) is 2.31. The van der Waals surface area contributed by atoms with E-state index in [1.165, 1.54) is 5.56 Å². The Labute approximate surface area is 96.4 Å². The molecule has 0 aliphatic carbocycles. The maximum Gasteiger partial charge on any atom is 0.174 e. The minimum Gasteiger partial charge on any atom is -0.479 e. The summed E-state index contributed by atoms with van der Waals surface area (Å²) in [6.07, 6.45) is 0. The first-order valence-electron chi connectivity index (χ1n) is 5.16. The van der Waals surface area contributed by atoms with Gasteiger partial charge in [0, 0.05) is 13.1 Å². The van der Waals surface area contributed by atoms with Gasteiger partial charge < -0.3 is 10.1 Å². The zero-order valence-corrected chi connectivity index (χ0v) is 9.49. The maximum absolute atomic E-state index is 8.36. The van der Waals surface area contributed by atoms with Crippen LogP contribution in [0.2, 0.25) is 0 Å². The summed E-state index contributed by atoms with van der Waals surface area (Å²) in [4.78, 5) is 0. The lowest BCUT2D eigenvalue weighted by atomic mass is 10.2. The van der Waals surface area contributed by atoms with Crippen LogP contribution in [0, 0.1) is 11.3 Å². The zero-order valence-electron chi connectivity index (χ0n) is 9.49. The van der Waals surface area contributed by atoms with Crippen molar-refractivity contribution in [2.75, 3.05) is 13.2 Å². The molecule has 0 saturated heterocycles. The number of hydrogen-bond donors (Lipinski definition) is 1. The van der Waals surface area contributed by atoms with Crippen molar-refractivity contribution in [1.29, 1.82) is 5.26 Å². The first kappa shape index (κ1) is 12.3. The average molecular weight is 216 g/mol. The van der Waals surface area contributed by atoms with E-state index in [1.807, 2.05) is 37.3 Å². The quantitative estimate of drug-likeness (QED) is 0.742. The second kappa shape index (κ2) is 6.65. The Morgan fingerprint density at radius 1 is 1.44 bits per heavy atom. The number of ether oxygens (including phenoxy) is 1. The smallest absolute Gasteiger partial charge is 0.174 e. The number of nitriles is 1. The highest BCUT2D eigenvalue weighted by Gasteiger charge is 1.95. The maximum atomic E-state index is 8.36. The molecule has 0 aliphatic heterocycles. The fourth-order valence-corrected chi connectivity index (χ4v) is 1.24. The molecule has 0 fully saturated rings. The molecule has 0 atom stereocenters. The lowest BCUT2D eigenvalue weighted by molar-refractivity contribution is 0.368. The van der Waals surface area contributed by atoms with E-state index in [1.54, 1.807) is 0 Å². The predicted octanol–water partition coefficient (Wildman–Crippen LogP) is 2.25. The first-order valence-corrected chi connectivity index (χ1v) is 5.16. The van der Waals surface area contributed by atoms with Crippen LogP contribution in [0.3, 0.4) is 0 Å². The molecule has 0 radical (unpaired) electrons. The molecule has 1 rings (SSSR count). The molecule has 0 spiro atoms. The molecule has 0 amide bonds. The van der Waals surface area contributed by atoms with Crippen LogP contribution < -0.4 is 10.1 Å². The van der Waals surface area contributed by atoms with Crippen LogP contribution in [0.5, 0.6) is 5.75 Å². The van der Waals surface area contributed by atoms with Gasteiger partial charge in [0.05, 0.1) is 0 Å². The molecule has 0 unspecified atom stereocenters. The Hall–Kier alpha value is -1.79. The number of nitrogens with zero attached hydrogens (tertiary/aromatic N) is 1. The molecule has 0 aromatic heterocycles. The molecule has 0 aliphatic rings. The number of nitrogens with one attached hydrogen (secondary N) is 1. The van der Waals surface area contributed by atoms with Crippen LogP contribution in [0.15, 0.2) is 36.4 Å². The largest absolute Gasteiger partial charge is 0.479 e. The summed E-state index contributed by atoms with van der Waals surface area (Å²) in [6.45, 7) is 7.54. The van der Waals surface area contributed by atoms with E-state index < -0.39 is 0 Å². The lowest BCUT2D eigenvalue weighted by Crippen LogP contribution is -2.14. The van der Waals surface area contributed by atoms with Crippen LogP contribution in [0.4, 0.5) is 0 Å². The van der Waals surface area contributed by atoms with Gasteiger partial charge in [-0.05, 0) is 24.6 Å². The second-order valence-electron chi connectivity index (χ2n) is 3.65. The number of rotatable bonds is 6. The van der Waals surface area contributed by atoms with E-state index >= 15 is 0 Å². The Balaban J connectivity index is 2.39. The molecule has 0 heterocycles. The van der Waals surface area contributed by atoms with Crippen LogP contribution >= 0.6 is 0 Å². The zero-order chi connectivity index (χ0) is 11.8. The van der Waals surface area contributed by atoms with Crippen molar-refractivity contribution in [1.82, 2.24) is 5.32 Å². The summed E-state index contributed by atoms with van der Waals surface area (Å²) < 4.78 is 5.16. The van der Waals surface area contributed by atoms with Gasteiger partial charge in [0.25, 0.3) is 0 Å². The Kier molecular flexibility index (Phi) is 5.10. The fraction of sp³-hybridized carbons (Fsp3) is 0.308. The van der Waals surface area contributed by atoms with Crippen molar-refractivity contribution in [2.24, 2.45) is 0 Å². The molecule has 84 valence electrons. The van der Waals surface area contributed by atoms with Gasteiger partial charge in [-0.15, -0.1) is 0 Å². The molecule has 0 bridgehead atoms. The lowest BCUT2D eigenvalue weighted by Gasteiger charge is -2.06. The third kappa shape index (κ3) is 4.63. The van der Waals surface area contributed by atoms with E-state index in [-0.39, 0.29) is 6.61 Å². The van der Waals surface area contributed by atoms with E-state index in [9.17, 15) is 0 Å². The number of benzene rings is 1. The first-order chi connectivity index (χ1) is 7.72. The van der Waals surface area contributed by atoms with E-state index in [4.69, 9.17) is 10.00 Å². The molecule has 16 heavy (non-hydrogen) atoms. The standard InChI is InChI=1S/C13H16N2O/c1-11(2)9-15-10-12-3-5-13(6-4-12)16-8-7-14/h3-6,15H,1,8-10H2,2H3. The predicted molar refractivity (Wildman–Crippen MR) is 64.1 cm³/mol. The monoisotopic (exact) mass is 216 g/mol. The molecule has 1 aromatic carbocycles. The van der Waals surface area contributed by atoms with Gasteiger partial charge in [-0.2, -0.15) is 5.26 Å². The summed E-state index contributed by atoms with van der Waals surface area (Å²) in [5, 5.41) is 11.6. The van der Waals surface area contributed by atoms with E-state index in [0.717, 1.165) is 24.4 Å². The third-order valence-corrected chi connectivity index (χ3v) is 1.98. The van der Waals surface area contributed by atoms with Gasteiger partial charge in [0.15, 0.2) is 6.61 Å². The van der Waals surface area contributed by atoms with Crippen LogP contribution in [0.25, 0.3) is 0 Å². The highest BCUT2D eigenvalue weighted by atomic mass is 16.5. The van der Waals surface area contributed by atoms with Gasteiger partial charge >= 0.3 is 0 Å². The van der Waals surface area contributed by atoms with E-state index in [2.05, 4.69) is 11.9 Å². The van der Waals surface area contributed by atoms with Crippen LogP contribution in [0.1, 0.15) is 12.5 Å². The summed E-state index contributed by atoms with van der Waals surface area (Å²) in [6, 6.07) is 9.64. The van der Waals surface area contributed by atoms with Crippen LogP contribution in [-0.4, -0.2) is 13.2 Å². The minimum atomic E-state index is 0.0905. The molecule has 0 saturated carbocycles. The minimum absolute atomic E-state index is 0.0905. The van der Waals surface area contributed by atoms with Crippen molar-refractivity contribution in [3.05, 3.63) is 42.0 Å². The van der Waals surface area contributed by atoms with E-state index in [0.29, 0.717) is 0 Å². The van der Waals surface area contributed by atoms with Crippen molar-refractivity contribution in [2.45, 2.75) is 13.5 Å². The molecule has 3 nitrogen and oxygen atoms in total. The second-order valence-corrected chi connectivity index (χ2v) is 3.65. The van der Waals surface area contributed by atoms with Crippen molar-refractivity contribution < 1.29 is 4.74 Å². The van der Waals surface area contributed by atoms with Crippen molar-refractivity contribution >= 4 is 0 Å². The molecular weight excluding hydrogens is 200 g/mol. The topological polar surface area (TPSA) is 45.0 Å². The van der Waals surface area contributed by atoms with Crippen molar-refractivity contribution in [3.8, 4) is 11.8 Å². The average Bonchev–Trinajstić information content (AvgIpc) is 2.27. The molecule has 3 heteroatoms. The van der Waals surface area contributed by atoms with Gasteiger partial charge in [-0.1, -0.05) is 24.3 Å². The van der Waals surface area contributed by atoms with Gasteiger partial charge in [0.2, 0.25) is 0 Å². The summed E-state index contributed by atoms with van der Waals surface area (Å²) >= 11 is 0. The fourth-order valence-electron chi connectivity index (χ4n) is 1.24. The molecular formula is C13H16N2O. The van der Waals surface area contributed by atoms with Crippen molar-refractivity contribution in [3.63, 3.8) is 0 Å². The van der Waals surface area contributed by atoms with Crippen LogP contribution in [-0.2, 0) is 6.54 Å². The highest BCUT2D eigenvalue weighted by Crippen LogP contribution is 2.11. The Morgan fingerprint density at radius 2 is 2.12 bits per heavy atom. The van der Waals surface area contributed by atoms with Gasteiger partial charge in [-0.3, -0.25) is 0 Å². The number of hydrogen-bond acceptors (Lipinski definition) is 3. The van der Waals surface area contributed by atoms with Gasteiger partial charge in [0.1, 0.15) is 11.8 Å². The van der Waals surface area contributed by atoms with Gasteiger partial charge in [-0.25, -0.2) is 0 Å². The summed E-state index contributed by atoms with van der Waals surface area (Å²) in [5.74, 6) is 0.727.